The van der Waals surface area contributed by atoms with Gasteiger partial charge in [-0.2, -0.15) is 0 Å². The molecule has 0 aliphatic rings. The quantitative estimate of drug-likeness (QED) is 0.711. The molecule has 0 saturated carbocycles. The summed E-state index contributed by atoms with van der Waals surface area (Å²) in [5.41, 5.74) is 0.482. The molecule has 0 bridgehead atoms. The molecule has 1 aromatic rings. The number of carbonyl (C=O) groups excluding carboxylic acids is 1. The minimum atomic E-state index is -1.04. The number of para-hydroxylation sites is 1. The second-order valence-corrected chi connectivity index (χ2v) is 4.05. The summed E-state index contributed by atoms with van der Waals surface area (Å²) in [6.45, 7) is 1.85. The molecule has 1 unspecified atom stereocenters. The first kappa shape index (κ1) is 14.0. The number of phenols is 1. The van der Waals surface area contributed by atoms with Gasteiger partial charge in [0.15, 0.2) is 0 Å². The lowest BCUT2D eigenvalue weighted by atomic mass is 10.1. The van der Waals surface area contributed by atoms with Gasteiger partial charge in [0.1, 0.15) is 11.8 Å². The van der Waals surface area contributed by atoms with Gasteiger partial charge in [-0.25, -0.2) is 4.79 Å². The Hall–Kier alpha value is -2.04. The van der Waals surface area contributed by atoms with Crippen LogP contribution in [0.15, 0.2) is 24.3 Å². The number of hydrogen-bond donors (Lipinski definition) is 3. The van der Waals surface area contributed by atoms with Gasteiger partial charge in [0.2, 0.25) is 5.91 Å². The highest BCUT2D eigenvalue weighted by Gasteiger charge is 2.19. The number of carboxylic acids is 1. The highest BCUT2D eigenvalue weighted by molar-refractivity contribution is 5.85. The van der Waals surface area contributed by atoms with Crippen LogP contribution in [0.2, 0.25) is 0 Å². The largest absolute Gasteiger partial charge is 0.508 e. The predicted octanol–water partition coefficient (Wildman–Crippen LogP) is 1.30. The van der Waals surface area contributed by atoms with Gasteiger partial charge in [-0.3, -0.25) is 4.79 Å². The average Bonchev–Trinajstić information content (AvgIpc) is 2.31. The van der Waals surface area contributed by atoms with Crippen LogP contribution in [0.1, 0.15) is 25.3 Å². The van der Waals surface area contributed by atoms with Gasteiger partial charge in [-0.05, 0) is 12.5 Å². The fraction of sp³-hybridized carbons (Fsp3) is 0.385. The van der Waals surface area contributed by atoms with Crippen LogP contribution < -0.4 is 5.32 Å². The molecule has 1 amide bonds. The number of nitrogens with one attached hydrogen (secondary N) is 1. The first-order valence-corrected chi connectivity index (χ1v) is 5.83. The van der Waals surface area contributed by atoms with Crippen LogP contribution in [0.5, 0.6) is 5.75 Å². The molecule has 3 N–H and O–H groups in total. The summed E-state index contributed by atoms with van der Waals surface area (Å²) in [5, 5.41) is 20.9. The molecule has 0 heterocycles. The second-order valence-electron chi connectivity index (χ2n) is 4.05. The standard InChI is InChI=1S/C13H17NO4/c1-2-5-10(13(17)18)14-12(16)8-9-6-3-4-7-11(9)15/h3-4,6-7,10,15H,2,5,8H2,1H3,(H,14,16)(H,17,18). The van der Waals surface area contributed by atoms with Gasteiger partial charge in [-0.1, -0.05) is 31.5 Å². The van der Waals surface area contributed by atoms with Crippen LogP contribution in [0.4, 0.5) is 0 Å². The number of phenolic OH excluding ortho intramolecular Hbond substituents is 1. The highest BCUT2D eigenvalue weighted by atomic mass is 16.4. The number of carbonyl (C=O) groups is 2. The Morgan fingerprint density at radius 2 is 2.00 bits per heavy atom. The van der Waals surface area contributed by atoms with Crippen LogP contribution in [0.25, 0.3) is 0 Å². The first-order valence-electron chi connectivity index (χ1n) is 5.83. The van der Waals surface area contributed by atoms with Crippen molar-refractivity contribution in [3.63, 3.8) is 0 Å². The SMILES string of the molecule is CCCC(NC(=O)Cc1ccccc1O)C(=O)O. The fourth-order valence-electron chi connectivity index (χ4n) is 1.62. The molecular weight excluding hydrogens is 234 g/mol. The third kappa shape index (κ3) is 4.08. The van der Waals surface area contributed by atoms with Crippen LogP contribution in [0, 0.1) is 0 Å². The van der Waals surface area contributed by atoms with E-state index in [2.05, 4.69) is 5.32 Å². The van der Waals surface area contributed by atoms with E-state index in [9.17, 15) is 14.7 Å². The molecule has 0 saturated heterocycles. The van der Waals surface area contributed by atoms with Crippen molar-refractivity contribution in [2.45, 2.75) is 32.2 Å². The van der Waals surface area contributed by atoms with E-state index in [4.69, 9.17) is 5.11 Å². The van der Waals surface area contributed by atoms with Gasteiger partial charge in [0.25, 0.3) is 0 Å². The van der Waals surface area contributed by atoms with Gasteiger partial charge >= 0.3 is 5.97 Å². The molecule has 0 aliphatic heterocycles. The molecule has 0 fully saturated rings. The topological polar surface area (TPSA) is 86.6 Å². The van der Waals surface area contributed by atoms with Crippen molar-refractivity contribution in [3.8, 4) is 5.75 Å². The lowest BCUT2D eigenvalue weighted by molar-refractivity contribution is -0.141. The number of amides is 1. The minimum absolute atomic E-state index is 0.0276. The van der Waals surface area contributed by atoms with E-state index in [1.54, 1.807) is 18.2 Å². The van der Waals surface area contributed by atoms with E-state index in [1.807, 2.05) is 6.92 Å². The lowest BCUT2D eigenvalue weighted by Crippen LogP contribution is -2.41. The third-order valence-electron chi connectivity index (χ3n) is 2.55. The van der Waals surface area contributed by atoms with Crippen LogP contribution in [-0.4, -0.2) is 28.1 Å². The van der Waals surface area contributed by atoms with E-state index < -0.39 is 17.9 Å². The summed E-state index contributed by atoms with van der Waals surface area (Å²) in [7, 11) is 0. The van der Waals surface area contributed by atoms with Gasteiger partial charge < -0.3 is 15.5 Å². The Morgan fingerprint density at radius 3 is 2.56 bits per heavy atom. The molecule has 18 heavy (non-hydrogen) atoms. The fourth-order valence-corrected chi connectivity index (χ4v) is 1.62. The molecule has 5 nitrogen and oxygen atoms in total. The Kier molecular flexibility index (Phi) is 5.17. The van der Waals surface area contributed by atoms with Gasteiger partial charge in [0, 0.05) is 5.56 Å². The number of carboxylic acid groups (broad SMARTS) is 1. The number of aliphatic carboxylic acids is 1. The summed E-state index contributed by atoms with van der Waals surface area (Å²) >= 11 is 0. The zero-order chi connectivity index (χ0) is 13.5. The average molecular weight is 251 g/mol. The van der Waals surface area contributed by atoms with E-state index in [-0.39, 0.29) is 12.2 Å². The summed E-state index contributed by atoms with van der Waals surface area (Å²) in [5.74, 6) is -1.41. The van der Waals surface area contributed by atoms with Crippen LogP contribution >= 0.6 is 0 Å². The van der Waals surface area contributed by atoms with Crippen molar-refractivity contribution in [1.29, 1.82) is 0 Å². The van der Waals surface area contributed by atoms with Crippen molar-refractivity contribution in [2.75, 3.05) is 0 Å². The van der Waals surface area contributed by atoms with Crippen molar-refractivity contribution >= 4 is 11.9 Å². The molecule has 98 valence electrons. The summed E-state index contributed by atoms with van der Waals surface area (Å²) in [6.07, 6.45) is 1.04. The van der Waals surface area contributed by atoms with E-state index in [1.165, 1.54) is 6.07 Å². The monoisotopic (exact) mass is 251 g/mol. The molecule has 1 aromatic carbocycles. The first-order chi connectivity index (χ1) is 8.54. The molecule has 1 rings (SSSR count). The van der Waals surface area contributed by atoms with E-state index >= 15 is 0 Å². The van der Waals surface area contributed by atoms with E-state index in [0.29, 0.717) is 18.4 Å². The highest BCUT2D eigenvalue weighted by Crippen LogP contribution is 2.15. The maximum absolute atomic E-state index is 11.7. The summed E-state index contributed by atoms with van der Waals surface area (Å²) in [6, 6.07) is 5.62. The molecule has 0 radical (unpaired) electrons. The van der Waals surface area contributed by atoms with Crippen LogP contribution in [-0.2, 0) is 16.0 Å². The Labute approximate surface area is 105 Å². The smallest absolute Gasteiger partial charge is 0.326 e. The Morgan fingerprint density at radius 1 is 1.33 bits per heavy atom. The second kappa shape index (κ2) is 6.64. The van der Waals surface area contributed by atoms with Gasteiger partial charge in [-0.15, -0.1) is 0 Å². The lowest BCUT2D eigenvalue weighted by Gasteiger charge is -2.13. The van der Waals surface area contributed by atoms with Gasteiger partial charge in [0.05, 0.1) is 6.42 Å². The molecular formula is C13H17NO4. The maximum Gasteiger partial charge on any atom is 0.326 e. The molecule has 1 atom stereocenters. The number of benzene rings is 1. The predicted molar refractivity (Wildman–Crippen MR) is 66.3 cm³/mol. The zero-order valence-corrected chi connectivity index (χ0v) is 10.2. The Balaban J connectivity index is 2.61. The summed E-state index contributed by atoms with van der Waals surface area (Å²) < 4.78 is 0. The van der Waals surface area contributed by atoms with Crippen molar-refractivity contribution in [2.24, 2.45) is 0 Å². The normalized spacial score (nSPS) is 11.8. The van der Waals surface area contributed by atoms with E-state index in [0.717, 1.165) is 0 Å². The summed E-state index contributed by atoms with van der Waals surface area (Å²) in [4.78, 5) is 22.5. The zero-order valence-electron chi connectivity index (χ0n) is 10.2. The molecule has 0 aliphatic carbocycles. The molecule has 5 heteroatoms. The van der Waals surface area contributed by atoms with Crippen LogP contribution in [0.3, 0.4) is 0 Å². The van der Waals surface area contributed by atoms with Crippen molar-refractivity contribution in [1.82, 2.24) is 5.32 Å². The Bertz CT molecular complexity index is 431. The minimum Gasteiger partial charge on any atom is -0.508 e. The third-order valence-corrected chi connectivity index (χ3v) is 2.55. The number of aromatic hydroxyl groups is 1. The molecule has 0 spiro atoms. The number of rotatable bonds is 6. The maximum atomic E-state index is 11.7. The number of hydrogen-bond acceptors (Lipinski definition) is 3. The molecule has 0 aromatic heterocycles. The van der Waals surface area contributed by atoms with Crippen molar-refractivity contribution in [3.05, 3.63) is 29.8 Å². The van der Waals surface area contributed by atoms with Crippen molar-refractivity contribution < 1.29 is 19.8 Å².